The normalized spacial score (nSPS) is 12.2. The van der Waals surface area contributed by atoms with Crippen molar-refractivity contribution in [1.29, 1.82) is 0 Å². The Balaban J connectivity index is 2.34. The van der Waals surface area contributed by atoms with Crippen molar-refractivity contribution in [2.75, 3.05) is 33.1 Å². The second kappa shape index (κ2) is 10.9. The van der Waals surface area contributed by atoms with Crippen molar-refractivity contribution in [2.45, 2.75) is 20.3 Å². The van der Waals surface area contributed by atoms with E-state index in [1.54, 1.807) is 33.2 Å². The number of nitrogens with zero attached hydrogens (tertiary/aromatic N) is 1. The molecule has 0 heterocycles. The highest BCUT2D eigenvalue weighted by atomic mass is 16.5. The second-order valence-corrected chi connectivity index (χ2v) is 6.35. The summed E-state index contributed by atoms with van der Waals surface area (Å²) in [5.41, 5.74) is 9.78. The van der Waals surface area contributed by atoms with E-state index in [2.05, 4.69) is 4.99 Å². The van der Waals surface area contributed by atoms with Crippen LogP contribution in [0.4, 0.5) is 5.69 Å². The molecule has 0 unspecified atom stereocenters. The van der Waals surface area contributed by atoms with Gasteiger partial charge in [0, 0.05) is 18.8 Å². The minimum atomic E-state index is -0.305. The monoisotopic (exact) mass is 396 g/mol. The van der Waals surface area contributed by atoms with Gasteiger partial charge in [0.2, 0.25) is 0 Å². The molecule has 0 spiro atoms. The zero-order valence-corrected chi connectivity index (χ0v) is 17.4. The first-order chi connectivity index (χ1) is 14.0. The summed E-state index contributed by atoms with van der Waals surface area (Å²) in [5, 5.41) is 0. The highest BCUT2D eigenvalue weighted by Gasteiger charge is 2.17. The van der Waals surface area contributed by atoms with Crippen molar-refractivity contribution in [3.63, 3.8) is 0 Å². The molecule has 0 aliphatic heterocycles. The molecule has 6 nitrogen and oxygen atoms in total. The molecule has 0 amide bonds. The molecule has 0 atom stereocenters. The van der Waals surface area contributed by atoms with Gasteiger partial charge in [-0.25, -0.2) is 0 Å². The number of rotatable bonds is 9. The Bertz CT molecular complexity index is 886. The van der Waals surface area contributed by atoms with Gasteiger partial charge in [-0.2, -0.15) is 0 Å². The Morgan fingerprint density at radius 1 is 1.10 bits per heavy atom. The van der Waals surface area contributed by atoms with Crippen molar-refractivity contribution in [2.24, 2.45) is 4.99 Å². The fraction of sp³-hybridized carbons (Fsp3) is 0.304. The number of aliphatic imine (C=N–C) groups is 1. The number of nitrogens with two attached hydrogens (primary N) is 1. The number of hydrogen-bond acceptors (Lipinski definition) is 6. The third-order valence-electron chi connectivity index (χ3n) is 4.45. The first-order valence-electron chi connectivity index (χ1n) is 9.42. The highest BCUT2D eigenvalue weighted by molar-refractivity contribution is 6.09. The quantitative estimate of drug-likeness (QED) is 0.391. The number of nitrogen functional groups attached to an aromatic ring is 1. The van der Waals surface area contributed by atoms with E-state index in [4.69, 9.17) is 19.9 Å². The van der Waals surface area contributed by atoms with Gasteiger partial charge < -0.3 is 19.9 Å². The summed E-state index contributed by atoms with van der Waals surface area (Å²) in [7, 11) is 3.31. The molecule has 0 saturated carbocycles. The minimum Gasteiger partial charge on any atom is -0.497 e. The average molecular weight is 396 g/mol. The second-order valence-electron chi connectivity index (χ2n) is 6.35. The molecule has 6 heteroatoms. The van der Waals surface area contributed by atoms with Crippen LogP contribution in [0.3, 0.4) is 0 Å². The van der Waals surface area contributed by atoms with E-state index in [0.29, 0.717) is 23.8 Å². The van der Waals surface area contributed by atoms with Crippen molar-refractivity contribution in [3.8, 4) is 11.5 Å². The molecule has 0 aliphatic carbocycles. The maximum Gasteiger partial charge on any atom is 0.310 e. The third kappa shape index (κ3) is 6.38. The van der Waals surface area contributed by atoms with Crippen molar-refractivity contribution in [1.82, 2.24) is 0 Å². The standard InChI is InChI=1S/C23H28N2O4/c1-5-28-23(26)14-21(16(2)17-9-11-19(27-4)12-10-17)22(25-3)15-29-20-8-6-7-18(24)13-20/h6-13H,5,14-15,24H2,1-4H3/b21-16+,25-22?. The lowest BCUT2D eigenvalue weighted by Gasteiger charge is -2.16. The van der Waals surface area contributed by atoms with Crippen LogP contribution in [0.2, 0.25) is 0 Å². The van der Waals surface area contributed by atoms with Crippen molar-refractivity contribution < 1.29 is 19.0 Å². The molecule has 29 heavy (non-hydrogen) atoms. The van der Waals surface area contributed by atoms with Crippen LogP contribution in [0.1, 0.15) is 25.8 Å². The Labute approximate surface area is 172 Å². The number of carbonyl (C=O) groups is 1. The predicted molar refractivity (Wildman–Crippen MR) is 117 cm³/mol. The van der Waals surface area contributed by atoms with Gasteiger partial charge in [0.05, 0.1) is 25.8 Å². The SMILES string of the molecule is CCOC(=O)C/C(C(COc1cccc(N)c1)=NC)=C(/C)c1ccc(OC)cc1. The van der Waals surface area contributed by atoms with Gasteiger partial charge >= 0.3 is 5.97 Å². The van der Waals surface area contributed by atoms with E-state index in [1.165, 1.54) is 0 Å². The van der Waals surface area contributed by atoms with Crippen molar-refractivity contribution in [3.05, 3.63) is 59.7 Å². The number of methoxy groups -OCH3 is 1. The zero-order chi connectivity index (χ0) is 21.2. The number of ether oxygens (including phenoxy) is 3. The predicted octanol–water partition coefficient (Wildman–Crippen LogP) is 4.15. The van der Waals surface area contributed by atoms with E-state index in [0.717, 1.165) is 22.5 Å². The summed E-state index contributed by atoms with van der Waals surface area (Å²) in [6, 6.07) is 14.9. The first kappa shape index (κ1) is 22.0. The molecule has 2 rings (SSSR count). The molecule has 2 N–H and O–H groups in total. The molecule has 2 aromatic carbocycles. The Kier molecular flexibility index (Phi) is 8.27. The van der Waals surface area contributed by atoms with Crippen LogP contribution in [-0.2, 0) is 9.53 Å². The number of benzene rings is 2. The summed E-state index contributed by atoms with van der Waals surface area (Å²) in [6.45, 7) is 4.28. The van der Waals surface area contributed by atoms with Crippen LogP contribution in [0, 0.1) is 0 Å². The van der Waals surface area contributed by atoms with Gasteiger partial charge in [0.25, 0.3) is 0 Å². The lowest BCUT2D eigenvalue weighted by atomic mass is 9.95. The van der Waals surface area contributed by atoms with E-state index in [1.807, 2.05) is 43.3 Å². The van der Waals surface area contributed by atoms with Crippen LogP contribution in [0.15, 0.2) is 59.1 Å². The van der Waals surface area contributed by atoms with Gasteiger partial charge in [-0.1, -0.05) is 18.2 Å². The highest BCUT2D eigenvalue weighted by Crippen LogP contribution is 2.25. The van der Waals surface area contributed by atoms with Crippen LogP contribution >= 0.6 is 0 Å². The number of esters is 1. The Morgan fingerprint density at radius 3 is 2.41 bits per heavy atom. The van der Waals surface area contributed by atoms with Crippen LogP contribution < -0.4 is 15.2 Å². The number of anilines is 1. The van der Waals surface area contributed by atoms with E-state index >= 15 is 0 Å². The molecule has 0 aromatic heterocycles. The Morgan fingerprint density at radius 2 is 1.83 bits per heavy atom. The van der Waals surface area contributed by atoms with Crippen molar-refractivity contribution >= 4 is 22.9 Å². The van der Waals surface area contributed by atoms with Crippen LogP contribution in [-0.4, -0.2) is 39.1 Å². The summed E-state index contributed by atoms with van der Waals surface area (Å²) in [6.07, 6.45) is 0.110. The molecule has 0 bridgehead atoms. The van der Waals surface area contributed by atoms with Crippen LogP contribution in [0.25, 0.3) is 5.57 Å². The minimum absolute atomic E-state index is 0.110. The summed E-state index contributed by atoms with van der Waals surface area (Å²) >= 11 is 0. The molecule has 2 aromatic rings. The summed E-state index contributed by atoms with van der Waals surface area (Å²) in [5.74, 6) is 1.10. The lowest BCUT2D eigenvalue weighted by Crippen LogP contribution is -2.19. The lowest BCUT2D eigenvalue weighted by molar-refractivity contribution is -0.142. The molecule has 0 fully saturated rings. The van der Waals surface area contributed by atoms with Gasteiger partial charge in [0.15, 0.2) is 0 Å². The van der Waals surface area contributed by atoms with E-state index in [9.17, 15) is 4.79 Å². The van der Waals surface area contributed by atoms with E-state index in [-0.39, 0.29) is 19.0 Å². The third-order valence-corrected chi connectivity index (χ3v) is 4.45. The summed E-state index contributed by atoms with van der Waals surface area (Å²) in [4.78, 5) is 16.6. The number of allylic oxidation sites excluding steroid dienone is 1. The molecule has 0 saturated heterocycles. The summed E-state index contributed by atoms with van der Waals surface area (Å²) < 4.78 is 16.3. The topological polar surface area (TPSA) is 83.1 Å². The number of carbonyl (C=O) groups excluding carboxylic acids is 1. The largest absolute Gasteiger partial charge is 0.497 e. The fourth-order valence-electron chi connectivity index (χ4n) is 2.87. The fourth-order valence-corrected chi connectivity index (χ4v) is 2.87. The first-order valence-corrected chi connectivity index (χ1v) is 9.42. The molecule has 154 valence electrons. The van der Waals surface area contributed by atoms with Gasteiger partial charge in [0.1, 0.15) is 18.1 Å². The molecular formula is C23H28N2O4. The van der Waals surface area contributed by atoms with Crippen LogP contribution in [0.5, 0.6) is 11.5 Å². The zero-order valence-electron chi connectivity index (χ0n) is 17.4. The Hall–Kier alpha value is -3.28. The molecular weight excluding hydrogens is 368 g/mol. The van der Waals surface area contributed by atoms with E-state index < -0.39 is 0 Å². The maximum atomic E-state index is 12.2. The maximum absolute atomic E-state index is 12.2. The molecule has 0 aliphatic rings. The number of hydrogen-bond donors (Lipinski definition) is 1. The average Bonchev–Trinajstić information content (AvgIpc) is 2.73. The van der Waals surface area contributed by atoms with Gasteiger partial charge in [-0.05, 0) is 54.8 Å². The molecule has 0 radical (unpaired) electrons. The van der Waals surface area contributed by atoms with Gasteiger partial charge in [-0.3, -0.25) is 9.79 Å². The van der Waals surface area contributed by atoms with Gasteiger partial charge in [-0.15, -0.1) is 0 Å². The smallest absolute Gasteiger partial charge is 0.310 e.